The standard InChI is InChI=1S/C12H16N2O4S/c15-9-11-3-4-12(18-11)19(16,17)14-7-6-13-5-1-2-10(13)8-14/h3-4,9-10H,1-2,5-8H2. The van der Waals surface area contributed by atoms with Crippen LogP contribution in [0.25, 0.3) is 0 Å². The second-order valence-electron chi connectivity index (χ2n) is 4.97. The number of hydrogen-bond donors (Lipinski definition) is 0. The number of carbonyl (C=O) groups is 1. The first-order valence-electron chi connectivity index (χ1n) is 6.40. The average Bonchev–Trinajstić information content (AvgIpc) is 3.06. The molecule has 2 saturated heterocycles. The molecule has 1 unspecified atom stereocenters. The van der Waals surface area contributed by atoms with Crippen molar-refractivity contribution >= 4 is 16.3 Å². The van der Waals surface area contributed by atoms with Crippen LogP contribution in [0, 0.1) is 0 Å². The van der Waals surface area contributed by atoms with Gasteiger partial charge in [0, 0.05) is 25.7 Å². The third-order valence-corrected chi connectivity index (χ3v) is 5.60. The molecule has 0 N–H and O–H groups in total. The molecule has 1 aromatic rings. The normalized spacial score (nSPS) is 25.4. The zero-order valence-corrected chi connectivity index (χ0v) is 11.3. The van der Waals surface area contributed by atoms with E-state index in [-0.39, 0.29) is 10.9 Å². The molecule has 0 spiro atoms. The summed E-state index contributed by atoms with van der Waals surface area (Å²) in [6.07, 6.45) is 2.69. The van der Waals surface area contributed by atoms with Crippen LogP contribution in [0.15, 0.2) is 21.6 Å². The van der Waals surface area contributed by atoms with Gasteiger partial charge in [0.2, 0.25) is 5.09 Å². The summed E-state index contributed by atoms with van der Waals surface area (Å²) in [4.78, 5) is 12.9. The van der Waals surface area contributed by atoms with Crippen LogP contribution in [0.1, 0.15) is 23.4 Å². The van der Waals surface area contributed by atoms with Crippen LogP contribution >= 0.6 is 0 Å². The van der Waals surface area contributed by atoms with E-state index in [2.05, 4.69) is 4.90 Å². The third-order valence-electron chi connectivity index (χ3n) is 3.86. The van der Waals surface area contributed by atoms with Gasteiger partial charge >= 0.3 is 0 Å². The summed E-state index contributed by atoms with van der Waals surface area (Å²) >= 11 is 0. The number of aldehydes is 1. The highest BCUT2D eigenvalue weighted by molar-refractivity contribution is 7.89. The molecule has 6 nitrogen and oxygen atoms in total. The molecule has 0 aromatic carbocycles. The summed E-state index contributed by atoms with van der Waals surface area (Å²) in [5, 5.41) is -0.138. The van der Waals surface area contributed by atoms with E-state index < -0.39 is 10.0 Å². The Morgan fingerprint density at radius 1 is 1.26 bits per heavy atom. The van der Waals surface area contributed by atoms with Gasteiger partial charge in [-0.25, -0.2) is 8.42 Å². The van der Waals surface area contributed by atoms with Crippen molar-refractivity contribution in [3.63, 3.8) is 0 Å². The molecule has 104 valence electrons. The molecule has 19 heavy (non-hydrogen) atoms. The molecule has 1 atom stereocenters. The number of sulfonamides is 1. The Labute approximate surface area is 112 Å². The van der Waals surface area contributed by atoms with E-state index in [1.807, 2.05) is 0 Å². The van der Waals surface area contributed by atoms with Crippen LogP contribution in [0.4, 0.5) is 0 Å². The van der Waals surface area contributed by atoms with Crippen LogP contribution in [-0.2, 0) is 10.0 Å². The number of fused-ring (bicyclic) bond motifs is 1. The molecule has 2 aliphatic heterocycles. The van der Waals surface area contributed by atoms with Gasteiger partial charge in [0.05, 0.1) is 0 Å². The molecule has 0 saturated carbocycles. The molecular formula is C12H16N2O4S. The van der Waals surface area contributed by atoms with Crippen molar-refractivity contribution < 1.29 is 17.6 Å². The fourth-order valence-corrected chi connectivity index (χ4v) is 4.23. The monoisotopic (exact) mass is 284 g/mol. The lowest BCUT2D eigenvalue weighted by Crippen LogP contribution is -2.51. The van der Waals surface area contributed by atoms with Gasteiger partial charge in [0.1, 0.15) is 0 Å². The van der Waals surface area contributed by atoms with Gasteiger partial charge in [0.15, 0.2) is 12.0 Å². The molecule has 2 aliphatic rings. The van der Waals surface area contributed by atoms with E-state index in [0.29, 0.717) is 25.4 Å². The summed E-state index contributed by atoms with van der Waals surface area (Å²) in [7, 11) is -3.61. The average molecular weight is 284 g/mol. The molecular weight excluding hydrogens is 268 g/mol. The molecule has 0 amide bonds. The predicted molar refractivity (Wildman–Crippen MR) is 67.4 cm³/mol. The Bertz CT molecular complexity index is 580. The van der Waals surface area contributed by atoms with Crippen LogP contribution in [-0.4, -0.2) is 56.1 Å². The lowest BCUT2D eigenvalue weighted by Gasteiger charge is -2.36. The van der Waals surface area contributed by atoms with Crippen molar-refractivity contribution in [1.82, 2.24) is 9.21 Å². The highest BCUT2D eigenvalue weighted by Gasteiger charge is 2.37. The summed E-state index contributed by atoms with van der Waals surface area (Å²) in [5.74, 6) is 0.0399. The number of nitrogens with zero attached hydrogens (tertiary/aromatic N) is 2. The zero-order valence-electron chi connectivity index (χ0n) is 10.5. The zero-order chi connectivity index (χ0) is 13.5. The second kappa shape index (κ2) is 4.73. The summed E-state index contributed by atoms with van der Waals surface area (Å²) in [6, 6.07) is 3.05. The minimum Gasteiger partial charge on any atom is -0.440 e. The van der Waals surface area contributed by atoms with Crippen molar-refractivity contribution in [3.8, 4) is 0 Å². The highest BCUT2D eigenvalue weighted by atomic mass is 32.2. The van der Waals surface area contributed by atoms with Crippen molar-refractivity contribution in [2.75, 3.05) is 26.2 Å². The molecule has 3 rings (SSSR count). The molecule has 0 aliphatic carbocycles. The Morgan fingerprint density at radius 2 is 2.11 bits per heavy atom. The predicted octanol–water partition coefficient (Wildman–Crippen LogP) is 0.561. The van der Waals surface area contributed by atoms with Crippen LogP contribution in [0.2, 0.25) is 0 Å². The maximum Gasteiger partial charge on any atom is 0.276 e. The topological polar surface area (TPSA) is 70.8 Å². The second-order valence-corrected chi connectivity index (χ2v) is 6.84. The fourth-order valence-electron chi connectivity index (χ4n) is 2.84. The van der Waals surface area contributed by atoms with E-state index in [4.69, 9.17) is 4.42 Å². The summed E-state index contributed by atoms with van der Waals surface area (Å²) in [6.45, 7) is 2.83. The van der Waals surface area contributed by atoms with Gasteiger partial charge < -0.3 is 4.42 Å². The lowest BCUT2D eigenvalue weighted by molar-refractivity contribution is 0.109. The molecule has 2 fully saturated rings. The van der Waals surface area contributed by atoms with Crippen LogP contribution in [0.5, 0.6) is 0 Å². The third kappa shape index (κ3) is 2.22. The number of piperazine rings is 1. The van der Waals surface area contributed by atoms with Crippen molar-refractivity contribution in [2.45, 2.75) is 24.0 Å². The maximum atomic E-state index is 12.4. The Hall–Kier alpha value is -1.18. The van der Waals surface area contributed by atoms with Crippen molar-refractivity contribution in [3.05, 3.63) is 17.9 Å². The first-order valence-corrected chi connectivity index (χ1v) is 7.84. The Kier molecular flexibility index (Phi) is 3.20. The minimum absolute atomic E-state index is 0.0399. The fraction of sp³-hybridized carbons (Fsp3) is 0.583. The smallest absolute Gasteiger partial charge is 0.276 e. The van der Waals surface area contributed by atoms with Crippen molar-refractivity contribution in [2.24, 2.45) is 0 Å². The van der Waals surface area contributed by atoms with Crippen LogP contribution in [0.3, 0.4) is 0 Å². The number of hydrogen-bond acceptors (Lipinski definition) is 5. The number of rotatable bonds is 3. The van der Waals surface area contributed by atoms with Gasteiger partial charge in [-0.15, -0.1) is 0 Å². The first-order chi connectivity index (χ1) is 9.11. The SMILES string of the molecule is O=Cc1ccc(S(=O)(=O)N2CCN3CCCC3C2)o1. The van der Waals surface area contributed by atoms with E-state index in [1.165, 1.54) is 16.4 Å². The van der Waals surface area contributed by atoms with Gasteiger partial charge in [-0.2, -0.15) is 4.31 Å². The Morgan fingerprint density at radius 3 is 2.84 bits per heavy atom. The summed E-state index contributed by atoms with van der Waals surface area (Å²) in [5.41, 5.74) is 0. The van der Waals surface area contributed by atoms with E-state index >= 15 is 0 Å². The first kappa shape index (κ1) is 12.8. The lowest BCUT2D eigenvalue weighted by atomic mass is 10.2. The van der Waals surface area contributed by atoms with Crippen LogP contribution < -0.4 is 0 Å². The minimum atomic E-state index is -3.61. The largest absolute Gasteiger partial charge is 0.440 e. The van der Waals surface area contributed by atoms with Gasteiger partial charge in [0.25, 0.3) is 10.0 Å². The number of furan rings is 1. The molecule has 0 bridgehead atoms. The van der Waals surface area contributed by atoms with Crippen molar-refractivity contribution in [1.29, 1.82) is 0 Å². The van der Waals surface area contributed by atoms with Gasteiger partial charge in [-0.05, 0) is 31.5 Å². The molecule has 1 aromatic heterocycles. The van der Waals surface area contributed by atoms with E-state index in [0.717, 1.165) is 25.9 Å². The van der Waals surface area contributed by atoms with Gasteiger partial charge in [-0.3, -0.25) is 9.69 Å². The van der Waals surface area contributed by atoms with Gasteiger partial charge in [-0.1, -0.05) is 0 Å². The van der Waals surface area contributed by atoms with E-state index in [9.17, 15) is 13.2 Å². The molecule has 0 radical (unpaired) electrons. The highest BCUT2D eigenvalue weighted by Crippen LogP contribution is 2.26. The molecule has 7 heteroatoms. The summed E-state index contributed by atoms with van der Waals surface area (Å²) < 4.78 is 31.3. The number of carbonyl (C=O) groups excluding carboxylic acids is 1. The maximum absolute atomic E-state index is 12.4. The quantitative estimate of drug-likeness (QED) is 0.759. The Balaban J connectivity index is 1.82. The molecule has 3 heterocycles. The van der Waals surface area contributed by atoms with E-state index in [1.54, 1.807) is 0 Å².